The van der Waals surface area contributed by atoms with Crippen LogP contribution in [0.25, 0.3) is 11.0 Å². The Kier molecular flexibility index (Phi) is 4.65. The highest BCUT2D eigenvalue weighted by molar-refractivity contribution is 5.74. The van der Waals surface area contributed by atoms with E-state index in [1.165, 1.54) is 0 Å². The molecule has 0 radical (unpaired) electrons. The molecule has 10 nitrogen and oxygen atoms in total. The summed E-state index contributed by atoms with van der Waals surface area (Å²) in [6.45, 7) is 4.61. The lowest BCUT2D eigenvalue weighted by Crippen LogP contribution is -2.49. The fourth-order valence-electron chi connectivity index (χ4n) is 4.44. The zero-order valence-corrected chi connectivity index (χ0v) is 17.4. The third-order valence-electron chi connectivity index (χ3n) is 6.16. The monoisotopic (exact) mass is 410 g/mol. The molecule has 0 bridgehead atoms. The van der Waals surface area contributed by atoms with E-state index in [4.69, 9.17) is 0 Å². The van der Waals surface area contributed by atoms with Gasteiger partial charge in [0.25, 0.3) is 11.1 Å². The average Bonchev–Trinajstić information content (AvgIpc) is 3.34. The predicted molar refractivity (Wildman–Crippen MR) is 113 cm³/mol. The molecule has 1 fully saturated rings. The summed E-state index contributed by atoms with van der Waals surface area (Å²) in [6.07, 6.45) is 4.75. The van der Waals surface area contributed by atoms with Gasteiger partial charge in [0.05, 0.1) is 12.2 Å². The van der Waals surface area contributed by atoms with Crippen molar-refractivity contribution in [2.45, 2.75) is 25.8 Å². The lowest BCUT2D eigenvalue weighted by molar-refractivity contribution is 0.241. The molecule has 3 aromatic rings. The minimum Gasteiger partial charge on any atom is -0.340 e. The number of aromatic nitrogens is 6. The van der Waals surface area contributed by atoms with Crippen molar-refractivity contribution in [1.82, 2.24) is 34.0 Å². The summed E-state index contributed by atoms with van der Waals surface area (Å²) >= 11 is 0. The van der Waals surface area contributed by atoms with Gasteiger partial charge in [0.15, 0.2) is 5.65 Å². The van der Waals surface area contributed by atoms with Crippen LogP contribution in [0.15, 0.2) is 21.9 Å². The summed E-state index contributed by atoms with van der Waals surface area (Å²) < 4.78 is 4.83. The molecule has 10 heteroatoms. The van der Waals surface area contributed by atoms with Crippen molar-refractivity contribution < 1.29 is 0 Å². The third-order valence-corrected chi connectivity index (χ3v) is 6.16. The second kappa shape index (κ2) is 7.35. The first-order valence-corrected chi connectivity index (χ1v) is 10.5. The normalized spacial score (nSPS) is 17.1. The molecule has 158 valence electrons. The first-order chi connectivity index (χ1) is 14.5. The Morgan fingerprint density at radius 3 is 2.60 bits per heavy atom. The van der Waals surface area contributed by atoms with Gasteiger partial charge in [-0.25, -0.2) is 4.68 Å². The van der Waals surface area contributed by atoms with Crippen LogP contribution in [0.4, 0.5) is 5.95 Å². The van der Waals surface area contributed by atoms with Crippen LogP contribution in [0.2, 0.25) is 0 Å². The second-order valence-electron chi connectivity index (χ2n) is 8.18. The highest BCUT2D eigenvalue weighted by Crippen LogP contribution is 2.17. The Labute approximate surface area is 173 Å². The molecule has 0 amide bonds. The van der Waals surface area contributed by atoms with Crippen molar-refractivity contribution >= 4 is 17.0 Å². The Balaban J connectivity index is 1.25. The van der Waals surface area contributed by atoms with E-state index in [0.29, 0.717) is 23.5 Å². The number of rotatable bonds is 4. The Morgan fingerprint density at radius 2 is 1.80 bits per heavy atom. The molecule has 0 saturated carbocycles. The Bertz CT molecular complexity index is 1220. The van der Waals surface area contributed by atoms with Crippen LogP contribution < -0.4 is 16.0 Å². The van der Waals surface area contributed by atoms with Gasteiger partial charge in [-0.15, -0.1) is 0 Å². The number of piperazine rings is 1. The predicted octanol–water partition coefficient (Wildman–Crippen LogP) is -0.465. The molecule has 3 aromatic heterocycles. The number of nitrogens with zero attached hydrogens (tertiary/aromatic N) is 8. The lowest BCUT2D eigenvalue weighted by Gasteiger charge is -2.35. The van der Waals surface area contributed by atoms with E-state index in [2.05, 4.69) is 25.0 Å². The highest BCUT2D eigenvalue weighted by Gasteiger charge is 2.22. The van der Waals surface area contributed by atoms with E-state index in [1.54, 1.807) is 40.3 Å². The molecule has 0 atom stereocenters. The lowest BCUT2D eigenvalue weighted by atomic mass is 10.2. The minimum absolute atomic E-state index is 0.00264. The Morgan fingerprint density at radius 1 is 1.00 bits per heavy atom. The SMILES string of the molecule is Cn1cc2c(=O)n(C)c(N3CCN(CCn4nc5c(cc4=O)CCC5)CC3)nc2n1. The molecule has 2 aliphatic rings. The van der Waals surface area contributed by atoms with Crippen LogP contribution >= 0.6 is 0 Å². The largest absolute Gasteiger partial charge is 0.340 e. The van der Waals surface area contributed by atoms with Crippen molar-refractivity contribution in [2.75, 3.05) is 37.6 Å². The highest BCUT2D eigenvalue weighted by atomic mass is 16.1. The van der Waals surface area contributed by atoms with Crippen molar-refractivity contribution in [3.63, 3.8) is 0 Å². The summed E-state index contributed by atoms with van der Waals surface area (Å²) in [5.41, 5.74) is 2.61. The molecule has 1 saturated heterocycles. The van der Waals surface area contributed by atoms with Crippen LogP contribution in [0.3, 0.4) is 0 Å². The van der Waals surface area contributed by atoms with Gasteiger partial charge in [0.1, 0.15) is 5.39 Å². The topological polar surface area (TPSA) is 94.1 Å². The zero-order valence-electron chi connectivity index (χ0n) is 17.4. The summed E-state index contributed by atoms with van der Waals surface area (Å²) in [4.78, 5) is 34.0. The van der Waals surface area contributed by atoms with Crippen molar-refractivity contribution in [1.29, 1.82) is 0 Å². The van der Waals surface area contributed by atoms with Crippen LogP contribution in [0.5, 0.6) is 0 Å². The number of fused-ring (bicyclic) bond motifs is 2. The van der Waals surface area contributed by atoms with E-state index < -0.39 is 0 Å². The fraction of sp³-hybridized carbons (Fsp3) is 0.550. The summed E-state index contributed by atoms with van der Waals surface area (Å²) in [5, 5.41) is 9.40. The van der Waals surface area contributed by atoms with Gasteiger partial charge in [-0.1, -0.05) is 0 Å². The number of hydrogen-bond acceptors (Lipinski definition) is 7. The van der Waals surface area contributed by atoms with Crippen LogP contribution in [-0.2, 0) is 33.5 Å². The number of hydrogen-bond donors (Lipinski definition) is 0. The van der Waals surface area contributed by atoms with Gasteiger partial charge >= 0.3 is 0 Å². The maximum absolute atomic E-state index is 12.6. The maximum atomic E-state index is 12.6. The molecule has 4 heterocycles. The fourth-order valence-corrected chi connectivity index (χ4v) is 4.44. The molecule has 30 heavy (non-hydrogen) atoms. The smallest absolute Gasteiger partial charge is 0.267 e. The van der Waals surface area contributed by atoms with Crippen molar-refractivity contribution in [3.05, 3.63) is 44.2 Å². The van der Waals surface area contributed by atoms with Gasteiger partial charge in [-0.2, -0.15) is 15.2 Å². The van der Waals surface area contributed by atoms with Crippen molar-refractivity contribution in [2.24, 2.45) is 14.1 Å². The molecule has 0 spiro atoms. The molecule has 0 aromatic carbocycles. The average molecular weight is 410 g/mol. The number of aryl methyl sites for hydroxylation is 3. The van der Waals surface area contributed by atoms with Gasteiger partial charge < -0.3 is 4.90 Å². The van der Waals surface area contributed by atoms with E-state index in [0.717, 1.165) is 63.2 Å². The summed E-state index contributed by atoms with van der Waals surface area (Å²) in [7, 11) is 3.55. The number of anilines is 1. The summed E-state index contributed by atoms with van der Waals surface area (Å²) in [5.74, 6) is 0.655. The minimum atomic E-state index is -0.0763. The van der Waals surface area contributed by atoms with Gasteiger partial charge in [-0.05, 0) is 24.8 Å². The van der Waals surface area contributed by atoms with Crippen molar-refractivity contribution in [3.8, 4) is 0 Å². The van der Waals surface area contributed by atoms with Gasteiger partial charge in [-0.3, -0.25) is 23.7 Å². The second-order valence-corrected chi connectivity index (χ2v) is 8.18. The van der Waals surface area contributed by atoms with E-state index >= 15 is 0 Å². The van der Waals surface area contributed by atoms with E-state index in [1.807, 2.05) is 0 Å². The maximum Gasteiger partial charge on any atom is 0.267 e. The van der Waals surface area contributed by atoms with Crippen LogP contribution in [0.1, 0.15) is 17.7 Å². The molecular formula is C20H26N8O2. The molecule has 1 aliphatic heterocycles. The van der Waals surface area contributed by atoms with Gasteiger partial charge in [0, 0.05) is 59.1 Å². The molecular weight excluding hydrogens is 384 g/mol. The Hall–Kier alpha value is -3.01. The first-order valence-electron chi connectivity index (χ1n) is 10.5. The quantitative estimate of drug-likeness (QED) is 0.574. The van der Waals surface area contributed by atoms with Crippen LogP contribution in [0, 0.1) is 0 Å². The van der Waals surface area contributed by atoms with E-state index in [9.17, 15) is 9.59 Å². The third kappa shape index (κ3) is 3.30. The van der Waals surface area contributed by atoms with Gasteiger partial charge in [0.2, 0.25) is 5.95 Å². The molecule has 1 aliphatic carbocycles. The first kappa shape index (κ1) is 19.0. The summed E-state index contributed by atoms with van der Waals surface area (Å²) in [6, 6.07) is 1.76. The van der Waals surface area contributed by atoms with E-state index in [-0.39, 0.29) is 11.1 Å². The van der Waals surface area contributed by atoms with Crippen LogP contribution in [-0.4, -0.2) is 66.7 Å². The zero-order chi connectivity index (χ0) is 20.8. The molecule has 5 rings (SSSR count). The standard InChI is InChI=1S/C20H26N8O2/c1-24-13-15-18(23-24)21-20(25(2)19(15)30)27-9-6-26(7-10-27)8-11-28-17(29)12-14-4-3-5-16(14)22-28/h12-13H,3-11H2,1-2H3. The molecule has 0 unspecified atom stereocenters. The molecule has 0 N–H and O–H groups in total.